The van der Waals surface area contributed by atoms with Crippen LogP contribution in [0.2, 0.25) is 19.6 Å². The Morgan fingerprint density at radius 3 is 2.44 bits per heavy atom. The fourth-order valence-corrected chi connectivity index (χ4v) is 6.94. The minimum absolute atomic E-state index is 0.342. The zero-order valence-electron chi connectivity index (χ0n) is 11.4. The molecule has 1 aliphatic rings. The molecule has 1 nitrogen and oxygen atoms in total. The largest absolute Gasteiger partial charge is 0.371 e. The minimum Gasteiger partial charge on any atom is -0.371 e. The molecule has 1 aliphatic heterocycles. The van der Waals surface area contributed by atoms with E-state index < -0.39 is 8.07 Å². The topological polar surface area (TPSA) is 9.23 Å². The highest BCUT2D eigenvalue weighted by molar-refractivity contribution is 9.11. The maximum atomic E-state index is 6.20. The van der Waals surface area contributed by atoms with Gasteiger partial charge >= 0.3 is 0 Å². The van der Waals surface area contributed by atoms with Gasteiger partial charge in [0.2, 0.25) is 0 Å². The molecule has 0 saturated heterocycles. The first-order valence-electron chi connectivity index (χ1n) is 6.31. The highest BCUT2D eigenvalue weighted by Crippen LogP contribution is 2.38. The van der Waals surface area contributed by atoms with E-state index >= 15 is 0 Å². The van der Waals surface area contributed by atoms with Crippen molar-refractivity contribution in [3.8, 4) is 0 Å². The number of hydrogen-bond donors (Lipinski definition) is 0. The van der Waals surface area contributed by atoms with Gasteiger partial charge in [-0.25, -0.2) is 0 Å². The Morgan fingerprint density at radius 2 is 2.00 bits per heavy atom. The van der Waals surface area contributed by atoms with Crippen molar-refractivity contribution in [3.05, 3.63) is 9.68 Å². The fraction of sp³-hybridized carbons (Fsp3) is 0.846. The molecule has 3 atom stereocenters. The molecule has 94 valence electrons. The highest BCUT2D eigenvalue weighted by atomic mass is 79.9. The second-order valence-corrected chi connectivity index (χ2v) is 12.0. The molecular weight excluding hydrogens is 280 g/mol. The van der Waals surface area contributed by atoms with E-state index in [1.807, 2.05) is 0 Å². The Balaban J connectivity index is 3.08. The van der Waals surface area contributed by atoms with E-state index in [1.165, 1.54) is 10.9 Å². The summed E-state index contributed by atoms with van der Waals surface area (Å²) in [5.41, 5.74) is 0. The minimum atomic E-state index is -1.28. The molecule has 0 aliphatic carbocycles. The first kappa shape index (κ1) is 14.5. The number of hydrogen-bond acceptors (Lipinski definition) is 1. The molecule has 0 N–H and O–H groups in total. The normalized spacial score (nSPS) is 29.4. The molecule has 0 aromatic rings. The lowest BCUT2D eigenvalue weighted by Gasteiger charge is -2.39. The van der Waals surface area contributed by atoms with Crippen LogP contribution in [-0.4, -0.2) is 20.3 Å². The van der Waals surface area contributed by atoms with Crippen molar-refractivity contribution in [2.75, 3.05) is 0 Å². The molecule has 0 bridgehead atoms. The Kier molecular flexibility index (Phi) is 4.84. The van der Waals surface area contributed by atoms with Crippen LogP contribution >= 0.6 is 15.9 Å². The molecular formula is C13H25BrOSi. The van der Waals surface area contributed by atoms with Gasteiger partial charge in [0.05, 0.1) is 20.3 Å². The maximum Gasteiger partial charge on any atom is 0.0790 e. The van der Waals surface area contributed by atoms with Crippen LogP contribution < -0.4 is 0 Å². The van der Waals surface area contributed by atoms with Crippen LogP contribution in [-0.2, 0) is 4.74 Å². The number of rotatable bonds is 3. The molecule has 0 aromatic carbocycles. The molecule has 0 aromatic heterocycles. The second-order valence-electron chi connectivity index (χ2n) is 6.03. The Morgan fingerprint density at radius 1 is 1.44 bits per heavy atom. The second kappa shape index (κ2) is 5.36. The number of halogens is 1. The summed E-state index contributed by atoms with van der Waals surface area (Å²) < 4.78 is 7.62. The summed E-state index contributed by atoms with van der Waals surface area (Å²) in [4.78, 5) is 0. The van der Waals surface area contributed by atoms with E-state index in [0.717, 1.165) is 6.42 Å². The van der Waals surface area contributed by atoms with Gasteiger partial charge in [-0.3, -0.25) is 0 Å². The molecule has 1 heterocycles. The first-order valence-corrected chi connectivity index (χ1v) is 10.6. The molecule has 0 radical (unpaired) electrons. The maximum absolute atomic E-state index is 6.20. The predicted octanol–water partition coefficient (Wildman–Crippen LogP) is 4.74. The van der Waals surface area contributed by atoms with Gasteiger partial charge in [-0.1, -0.05) is 55.8 Å². The summed E-state index contributed by atoms with van der Waals surface area (Å²) >= 11 is 3.80. The number of ether oxygens (including phenoxy) is 1. The first-order chi connectivity index (χ1) is 7.27. The lowest BCUT2D eigenvalue weighted by Crippen LogP contribution is -2.42. The quantitative estimate of drug-likeness (QED) is 0.685. The van der Waals surface area contributed by atoms with E-state index in [1.54, 1.807) is 5.20 Å². The van der Waals surface area contributed by atoms with Gasteiger partial charge in [-0.05, 0) is 22.5 Å². The van der Waals surface area contributed by atoms with Gasteiger partial charge in [0.1, 0.15) is 0 Å². The van der Waals surface area contributed by atoms with Crippen LogP contribution in [0.1, 0.15) is 33.6 Å². The van der Waals surface area contributed by atoms with Crippen LogP contribution in [0.25, 0.3) is 0 Å². The monoisotopic (exact) mass is 304 g/mol. The Labute approximate surface area is 110 Å². The average Bonchev–Trinajstić information content (AvgIpc) is 2.12. The standard InChI is InChI=1S/C13H25BrOSi/c1-7-9(2)12-13(16(4,5)6)11(14)8-10(3)15-12/h9-10,12H,7-8H2,1-6H3/t9?,10-,12+/m0/s1. The van der Waals surface area contributed by atoms with Gasteiger partial charge in [-0.15, -0.1) is 0 Å². The summed E-state index contributed by atoms with van der Waals surface area (Å²) in [7, 11) is -1.28. The molecule has 0 saturated carbocycles. The van der Waals surface area contributed by atoms with Crippen LogP contribution in [0.15, 0.2) is 9.68 Å². The average molecular weight is 305 g/mol. The smallest absolute Gasteiger partial charge is 0.0790 e. The van der Waals surface area contributed by atoms with E-state index in [2.05, 4.69) is 56.3 Å². The van der Waals surface area contributed by atoms with Crippen molar-refractivity contribution in [3.63, 3.8) is 0 Å². The third-order valence-electron chi connectivity index (χ3n) is 3.39. The Bertz CT molecular complexity index is 280. The summed E-state index contributed by atoms with van der Waals surface area (Å²) in [5, 5.41) is 1.60. The molecule has 3 heteroatoms. The van der Waals surface area contributed by atoms with Crippen LogP contribution in [0, 0.1) is 5.92 Å². The SMILES string of the molecule is CCC(C)[C@H]1O[C@@H](C)CC(Br)=C1[Si](C)(C)C. The van der Waals surface area contributed by atoms with E-state index in [9.17, 15) is 0 Å². The zero-order chi connectivity index (χ0) is 12.5. The fourth-order valence-electron chi connectivity index (χ4n) is 2.35. The van der Waals surface area contributed by atoms with Crippen molar-refractivity contribution in [2.24, 2.45) is 5.92 Å². The summed E-state index contributed by atoms with van der Waals surface area (Å²) in [6.45, 7) is 14.0. The van der Waals surface area contributed by atoms with Crippen LogP contribution in [0.5, 0.6) is 0 Å². The van der Waals surface area contributed by atoms with Crippen LogP contribution in [0.4, 0.5) is 0 Å². The third-order valence-corrected chi connectivity index (χ3v) is 6.71. The zero-order valence-corrected chi connectivity index (χ0v) is 14.0. The van der Waals surface area contributed by atoms with Crippen molar-refractivity contribution < 1.29 is 4.74 Å². The van der Waals surface area contributed by atoms with Gasteiger partial charge in [-0.2, -0.15) is 0 Å². The molecule has 0 spiro atoms. The van der Waals surface area contributed by atoms with Crippen molar-refractivity contribution in [2.45, 2.75) is 65.5 Å². The lowest BCUT2D eigenvalue weighted by atomic mass is 9.98. The van der Waals surface area contributed by atoms with E-state index in [4.69, 9.17) is 4.74 Å². The summed E-state index contributed by atoms with van der Waals surface area (Å²) in [6, 6.07) is 0. The molecule has 0 amide bonds. The van der Waals surface area contributed by atoms with Crippen molar-refractivity contribution >= 4 is 24.0 Å². The highest BCUT2D eigenvalue weighted by Gasteiger charge is 2.36. The van der Waals surface area contributed by atoms with Crippen LogP contribution in [0.3, 0.4) is 0 Å². The summed E-state index contributed by atoms with van der Waals surface area (Å²) in [5.74, 6) is 0.622. The Hall–Kier alpha value is 0.397. The van der Waals surface area contributed by atoms with E-state index in [0.29, 0.717) is 18.1 Å². The molecule has 1 unspecified atom stereocenters. The molecule has 0 fully saturated rings. The van der Waals surface area contributed by atoms with Gasteiger partial charge < -0.3 is 4.74 Å². The van der Waals surface area contributed by atoms with Gasteiger partial charge in [0, 0.05) is 6.42 Å². The van der Waals surface area contributed by atoms with Crippen molar-refractivity contribution in [1.29, 1.82) is 0 Å². The summed E-state index contributed by atoms with van der Waals surface area (Å²) in [6.07, 6.45) is 2.93. The van der Waals surface area contributed by atoms with Gasteiger partial charge in [0.25, 0.3) is 0 Å². The predicted molar refractivity (Wildman–Crippen MR) is 77.7 cm³/mol. The molecule has 1 rings (SSSR count). The molecule has 16 heavy (non-hydrogen) atoms. The van der Waals surface area contributed by atoms with Gasteiger partial charge in [0.15, 0.2) is 0 Å². The van der Waals surface area contributed by atoms with E-state index in [-0.39, 0.29) is 0 Å². The third kappa shape index (κ3) is 3.20. The lowest BCUT2D eigenvalue weighted by molar-refractivity contribution is -0.0149. The van der Waals surface area contributed by atoms with Crippen molar-refractivity contribution in [1.82, 2.24) is 0 Å².